The fraction of sp³-hybridized carbons (Fsp3) is 0.300. The fourth-order valence-electron chi connectivity index (χ4n) is 3.06. The summed E-state index contributed by atoms with van der Waals surface area (Å²) in [4.78, 5) is 46.4. The van der Waals surface area contributed by atoms with E-state index >= 15 is 0 Å². The lowest BCUT2D eigenvalue weighted by atomic mass is 9.88. The van der Waals surface area contributed by atoms with Crippen molar-refractivity contribution in [2.24, 2.45) is 0 Å². The predicted octanol–water partition coefficient (Wildman–Crippen LogP) is 0.00490. The molecule has 1 aliphatic heterocycles. The first-order valence-corrected chi connectivity index (χ1v) is 8.92. The number of allylic oxidation sites excluding steroid dienone is 6. The monoisotopic (exact) mass is 400 g/mol. The number of rotatable bonds is 6. The molecule has 3 aliphatic rings. The van der Waals surface area contributed by atoms with Crippen molar-refractivity contribution in [2.75, 3.05) is 0 Å². The molecule has 3 rings (SSSR count). The summed E-state index contributed by atoms with van der Waals surface area (Å²) in [5.41, 5.74) is -1.63. The number of Topliss-reactive ketones (excluding diaryl/α,β-unsaturated/α-hetero) is 2. The highest BCUT2D eigenvalue weighted by molar-refractivity contribution is 6.05. The van der Waals surface area contributed by atoms with Crippen LogP contribution in [0.25, 0.3) is 0 Å². The Morgan fingerprint density at radius 2 is 1.90 bits per heavy atom. The van der Waals surface area contributed by atoms with E-state index in [4.69, 9.17) is 4.74 Å². The maximum Gasteiger partial charge on any atom is 0.248 e. The number of epoxide rings is 1. The molecule has 0 radical (unpaired) electrons. The van der Waals surface area contributed by atoms with E-state index in [9.17, 15) is 29.4 Å². The van der Waals surface area contributed by atoms with Crippen molar-refractivity contribution < 1.29 is 34.1 Å². The number of amides is 2. The van der Waals surface area contributed by atoms with E-state index in [1.54, 1.807) is 6.08 Å². The third-order valence-corrected chi connectivity index (χ3v) is 4.51. The Morgan fingerprint density at radius 3 is 2.55 bits per heavy atom. The SMILES string of the molecule is CC(=O)NC1=CC(O)(/C=C/C=C/C=C/C(=O)NC2=C(O)CCC2=O)C2OC2C1=O. The van der Waals surface area contributed by atoms with Gasteiger partial charge in [-0.1, -0.05) is 24.3 Å². The lowest BCUT2D eigenvalue weighted by Gasteiger charge is -2.23. The minimum absolute atomic E-state index is 0.0111. The molecule has 0 bridgehead atoms. The first kappa shape index (κ1) is 20.4. The van der Waals surface area contributed by atoms with Crippen LogP contribution >= 0.6 is 0 Å². The zero-order chi connectivity index (χ0) is 21.2. The van der Waals surface area contributed by atoms with E-state index in [1.807, 2.05) is 0 Å². The van der Waals surface area contributed by atoms with Gasteiger partial charge in [0.25, 0.3) is 0 Å². The number of aliphatic hydroxyl groups is 2. The van der Waals surface area contributed by atoms with Crippen LogP contribution in [0.15, 0.2) is 59.7 Å². The minimum atomic E-state index is -1.55. The van der Waals surface area contributed by atoms with Crippen LogP contribution in [0.5, 0.6) is 0 Å². The number of fused-ring (bicyclic) bond motifs is 1. The van der Waals surface area contributed by atoms with Crippen LogP contribution in [0.2, 0.25) is 0 Å². The lowest BCUT2D eigenvalue weighted by Crippen LogP contribution is -2.42. The van der Waals surface area contributed by atoms with E-state index < -0.39 is 29.6 Å². The van der Waals surface area contributed by atoms with Crippen LogP contribution in [0.3, 0.4) is 0 Å². The highest BCUT2D eigenvalue weighted by atomic mass is 16.6. The molecule has 2 aliphatic carbocycles. The molecular formula is C20H20N2O7. The van der Waals surface area contributed by atoms with E-state index in [0.29, 0.717) is 0 Å². The van der Waals surface area contributed by atoms with E-state index in [-0.39, 0.29) is 41.6 Å². The molecule has 4 N–H and O–H groups in total. The molecule has 0 saturated carbocycles. The second-order valence-electron chi connectivity index (χ2n) is 6.81. The quantitative estimate of drug-likeness (QED) is 0.279. The maximum atomic E-state index is 12.0. The van der Waals surface area contributed by atoms with Gasteiger partial charge in [-0.3, -0.25) is 19.2 Å². The number of carbonyl (C=O) groups is 4. The number of hydrogen-bond acceptors (Lipinski definition) is 7. The Morgan fingerprint density at radius 1 is 1.17 bits per heavy atom. The molecule has 1 saturated heterocycles. The summed E-state index contributed by atoms with van der Waals surface area (Å²) < 4.78 is 5.21. The third kappa shape index (κ3) is 4.58. The zero-order valence-electron chi connectivity index (χ0n) is 15.5. The Labute approximate surface area is 166 Å². The van der Waals surface area contributed by atoms with Crippen molar-refractivity contribution in [3.05, 3.63) is 59.7 Å². The van der Waals surface area contributed by atoms with Crippen molar-refractivity contribution in [3.63, 3.8) is 0 Å². The number of carbonyl (C=O) groups excluding carboxylic acids is 4. The Kier molecular flexibility index (Phi) is 5.62. The standard InChI is InChI=1S/C20H20N2O7/c1-11(23)21-12-10-20(28,19-18(29-19)17(12)27)9-5-3-2-4-6-15(26)22-16-13(24)7-8-14(16)25/h2-6,9-10,18-19,24,28H,7-8H2,1H3,(H,21,23)(H,22,26)/b3-2+,6-4+,9-5+. The van der Waals surface area contributed by atoms with Gasteiger partial charge in [0.15, 0.2) is 11.9 Å². The zero-order valence-corrected chi connectivity index (χ0v) is 15.5. The topological polar surface area (TPSA) is 145 Å². The average Bonchev–Trinajstić information content (AvgIpc) is 3.41. The lowest BCUT2D eigenvalue weighted by molar-refractivity contribution is -0.122. The van der Waals surface area contributed by atoms with Gasteiger partial charge in [-0.25, -0.2) is 0 Å². The number of aliphatic hydroxyl groups excluding tert-OH is 1. The highest BCUT2D eigenvalue weighted by Gasteiger charge is 2.59. The molecule has 0 aromatic carbocycles. The summed E-state index contributed by atoms with van der Waals surface area (Å²) in [6.45, 7) is 1.26. The van der Waals surface area contributed by atoms with Crippen LogP contribution in [-0.2, 0) is 23.9 Å². The van der Waals surface area contributed by atoms with Gasteiger partial charge >= 0.3 is 0 Å². The Hall–Kier alpha value is -3.30. The van der Waals surface area contributed by atoms with Gasteiger partial charge in [0.05, 0.1) is 5.70 Å². The summed E-state index contributed by atoms with van der Waals surface area (Å²) >= 11 is 0. The second kappa shape index (κ2) is 7.98. The molecule has 3 atom stereocenters. The highest BCUT2D eigenvalue weighted by Crippen LogP contribution is 2.40. The van der Waals surface area contributed by atoms with Crippen molar-refractivity contribution in [2.45, 2.75) is 37.6 Å². The van der Waals surface area contributed by atoms with Crippen molar-refractivity contribution in [1.29, 1.82) is 0 Å². The van der Waals surface area contributed by atoms with Gasteiger partial charge in [-0.2, -0.15) is 0 Å². The molecule has 0 spiro atoms. The Bertz CT molecular complexity index is 925. The fourth-order valence-corrected chi connectivity index (χ4v) is 3.06. The summed E-state index contributed by atoms with van der Waals surface area (Å²) in [6, 6.07) is 0. The predicted molar refractivity (Wildman–Crippen MR) is 100.0 cm³/mol. The van der Waals surface area contributed by atoms with Gasteiger partial charge in [0.2, 0.25) is 17.6 Å². The van der Waals surface area contributed by atoms with Crippen molar-refractivity contribution >= 4 is 23.4 Å². The molecule has 2 amide bonds. The van der Waals surface area contributed by atoms with Gasteiger partial charge in [-0.15, -0.1) is 0 Å². The van der Waals surface area contributed by atoms with E-state index in [1.165, 1.54) is 43.4 Å². The van der Waals surface area contributed by atoms with Gasteiger partial charge in [-0.05, 0) is 12.2 Å². The van der Waals surface area contributed by atoms with E-state index in [2.05, 4.69) is 10.6 Å². The molecule has 29 heavy (non-hydrogen) atoms. The van der Waals surface area contributed by atoms with Gasteiger partial charge < -0.3 is 25.6 Å². The Balaban J connectivity index is 1.57. The summed E-state index contributed by atoms with van der Waals surface area (Å²) in [5, 5.41) is 24.9. The molecule has 0 aromatic rings. The largest absolute Gasteiger partial charge is 0.510 e. The van der Waals surface area contributed by atoms with Crippen LogP contribution in [0.4, 0.5) is 0 Å². The molecule has 0 aromatic heterocycles. The summed E-state index contributed by atoms with van der Waals surface area (Å²) in [6.07, 6.45) is 8.73. The smallest absolute Gasteiger partial charge is 0.248 e. The first-order valence-electron chi connectivity index (χ1n) is 8.92. The summed E-state index contributed by atoms with van der Waals surface area (Å²) in [5.74, 6) is -1.80. The average molecular weight is 400 g/mol. The van der Waals surface area contributed by atoms with Crippen LogP contribution in [0.1, 0.15) is 19.8 Å². The van der Waals surface area contributed by atoms with Gasteiger partial charge in [0.1, 0.15) is 23.2 Å². The molecule has 1 fully saturated rings. The molecule has 9 nitrogen and oxygen atoms in total. The van der Waals surface area contributed by atoms with Crippen LogP contribution in [-0.4, -0.2) is 51.4 Å². The minimum Gasteiger partial charge on any atom is -0.510 e. The second-order valence-corrected chi connectivity index (χ2v) is 6.81. The van der Waals surface area contributed by atoms with E-state index in [0.717, 1.165) is 0 Å². The molecule has 1 heterocycles. The normalized spacial score (nSPS) is 29.0. The van der Waals surface area contributed by atoms with Crippen molar-refractivity contribution in [3.8, 4) is 0 Å². The summed E-state index contributed by atoms with van der Waals surface area (Å²) in [7, 11) is 0. The van der Waals surface area contributed by atoms with Crippen molar-refractivity contribution in [1.82, 2.24) is 10.6 Å². The molecule has 9 heteroatoms. The molecule has 3 unspecified atom stereocenters. The number of hydrogen-bond donors (Lipinski definition) is 4. The number of nitrogens with one attached hydrogen (secondary N) is 2. The molecule has 152 valence electrons. The number of ether oxygens (including phenoxy) is 1. The van der Waals surface area contributed by atoms with Crippen LogP contribution in [0, 0.1) is 0 Å². The number of ketones is 2. The molecular weight excluding hydrogens is 380 g/mol. The van der Waals surface area contributed by atoms with Gasteiger partial charge in [0, 0.05) is 25.8 Å². The first-order chi connectivity index (χ1) is 13.7. The van der Waals surface area contributed by atoms with Crippen LogP contribution < -0.4 is 10.6 Å². The third-order valence-electron chi connectivity index (χ3n) is 4.51. The maximum absolute atomic E-state index is 12.0.